The number of hydrogen-bond acceptors (Lipinski definition) is 3. The summed E-state index contributed by atoms with van der Waals surface area (Å²) in [5.74, 6) is 0.666. The van der Waals surface area contributed by atoms with Gasteiger partial charge in [-0.1, -0.05) is 6.07 Å². The molecule has 0 amide bonds. The van der Waals surface area contributed by atoms with Gasteiger partial charge >= 0.3 is 0 Å². The van der Waals surface area contributed by atoms with Gasteiger partial charge in [0.05, 0.1) is 13.2 Å². The van der Waals surface area contributed by atoms with Crippen LogP contribution in [0.2, 0.25) is 0 Å². The zero-order chi connectivity index (χ0) is 19.0. The van der Waals surface area contributed by atoms with Crippen LogP contribution < -0.4 is 15.4 Å². The molecule has 1 fully saturated rings. The highest BCUT2D eigenvalue weighted by atomic mass is 127. The zero-order valence-corrected chi connectivity index (χ0v) is 19.1. The minimum Gasteiger partial charge on any atom is -0.494 e. The number of nitrogens with zero attached hydrogens (tertiary/aromatic N) is 1. The average Bonchev–Trinajstić information content (AvgIpc) is 3.40. The molecule has 1 saturated carbocycles. The van der Waals surface area contributed by atoms with E-state index in [0.29, 0.717) is 5.41 Å². The predicted octanol–water partition coefficient (Wildman–Crippen LogP) is 4.28. The second-order valence-electron chi connectivity index (χ2n) is 6.90. The molecule has 0 radical (unpaired) electrons. The van der Waals surface area contributed by atoms with Crippen molar-refractivity contribution in [3.63, 3.8) is 0 Å². The molecule has 0 heterocycles. The summed E-state index contributed by atoms with van der Waals surface area (Å²) in [6, 6.07) is 4.96. The maximum Gasteiger partial charge on any atom is 0.191 e. The highest BCUT2D eigenvalue weighted by molar-refractivity contribution is 14.0. The van der Waals surface area contributed by atoms with E-state index in [2.05, 4.69) is 10.6 Å². The SMILES string of the molecule is CCNC(=NCC1(CCOCC)CC1)NC(C)c1ccc(OC)c(F)c1.I. The Morgan fingerprint density at radius 2 is 2.07 bits per heavy atom. The van der Waals surface area contributed by atoms with Gasteiger partial charge in [-0.05, 0) is 63.1 Å². The molecule has 27 heavy (non-hydrogen) atoms. The van der Waals surface area contributed by atoms with Crippen molar-refractivity contribution in [1.29, 1.82) is 0 Å². The molecule has 154 valence electrons. The third-order valence-corrected chi connectivity index (χ3v) is 4.88. The number of hydrogen-bond donors (Lipinski definition) is 2. The van der Waals surface area contributed by atoms with Crippen LogP contribution in [0.15, 0.2) is 23.2 Å². The zero-order valence-electron chi connectivity index (χ0n) is 16.8. The standard InChI is InChI=1S/C20H32FN3O2.HI/c1-5-22-19(23-14-20(9-10-20)11-12-26-6-2)24-15(3)16-7-8-18(25-4)17(21)13-16;/h7-8,13,15H,5-6,9-12,14H2,1-4H3,(H2,22,23,24);1H. The maximum absolute atomic E-state index is 13.9. The molecule has 1 atom stereocenters. The third-order valence-electron chi connectivity index (χ3n) is 4.88. The van der Waals surface area contributed by atoms with E-state index in [4.69, 9.17) is 14.5 Å². The third kappa shape index (κ3) is 7.44. The average molecular weight is 493 g/mol. The van der Waals surface area contributed by atoms with Gasteiger partial charge in [0.1, 0.15) is 0 Å². The largest absolute Gasteiger partial charge is 0.494 e. The molecule has 0 aromatic heterocycles. The molecule has 0 spiro atoms. The first-order chi connectivity index (χ1) is 12.5. The fourth-order valence-corrected chi connectivity index (χ4v) is 2.90. The van der Waals surface area contributed by atoms with Gasteiger partial charge in [-0.25, -0.2) is 4.39 Å². The summed E-state index contributed by atoms with van der Waals surface area (Å²) in [5.41, 5.74) is 1.15. The molecule has 0 bridgehead atoms. The molecule has 2 N–H and O–H groups in total. The molecule has 1 aromatic rings. The van der Waals surface area contributed by atoms with Gasteiger partial charge in [-0.15, -0.1) is 24.0 Å². The van der Waals surface area contributed by atoms with Crippen LogP contribution in [0.1, 0.15) is 51.6 Å². The summed E-state index contributed by atoms with van der Waals surface area (Å²) in [6.07, 6.45) is 3.48. The van der Waals surface area contributed by atoms with Crippen molar-refractivity contribution in [1.82, 2.24) is 10.6 Å². The number of methoxy groups -OCH3 is 1. The Morgan fingerprint density at radius 3 is 2.63 bits per heavy atom. The van der Waals surface area contributed by atoms with Crippen molar-refractivity contribution < 1.29 is 13.9 Å². The maximum atomic E-state index is 13.9. The fourth-order valence-electron chi connectivity index (χ4n) is 2.90. The van der Waals surface area contributed by atoms with Gasteiger partial charge in [0.15, 0.2) is 17.5 Å². The highest BCUT2D eigenvalue weighted by Gasteiger charge is 2.41. The number of guanidine groups is 1. The van der Waals surface area contributed by atoms with Crippen LogP contribution in [0.25, 0.3) is 0 Å². The molecule has 1 unspecified atom stereocenters. The molecule has 2 rings (SSSR count). The Morgan fingerprint density at radius 1 is 1.33 bits per heavy atom. The number of ether oxygens (including phenoxy) is 2. The van der Waals surface area contributed by atoms with Crippen LogP contribution >= 0.6 is 24.0 Å². The fraction of sp³-hybridized carbons (Fsp3) is 0.650. The molecular weight excluding hydrogens is 460 g/mol. The van der Waals surface area contributed by atoms with E-state index in [1.54, 1.807) is 6.07 Å². The summed E-state index contributed by atoms with van der Waals surface area (Å²) in [4.78, 5) is 4.77. The Hall–Kier alpha value is -1.09. The molecule has 0 aliphatic heterocycles. The lowest BCUT2D eigenvalue weighted by atomic mass is 10.0. The first-order valence-corrected chi connectivity index (χ1v) is 9.49. The van der Waals surface area contributed by atoms with Crippen LogP contribution in [0.5, 0.6) is 5.75 Å². The van der Waals surface area contributed by atoms with Gasteiger partial charge in [-0.3, -0.25) is 4.99 Å². The number of halogens is 2. The summed E-state index contributed by atoms with van der Waals surface area (Å²) < 4.78 is 24.4. The summed E-state index contributed by atoms with van der Waals surface area (Å²) in [7, 11) is 1.47. The predicted molar refractivity (Wildman–Crippen MR) is 119 cm³/mol. The lowest BCUT2D eigenvalue weighted by Crippen LogP contribution is -2.39. The highest BCUT2D eigenvalue weighted by Crippen LogP contribution is 2.49. The number of aliphatic imine (C=N–C) groups is 1. The lowest BCUT2D eigenvalue weighted by Gasteiger charge is -2.20. The number of benzene rings is 1. The van der Waals surface area contributed by atoms with Crippen LogP contribution in [0, 0.1) is 11.2 Å². The normalized spacial score (nSPS) is 16.3. The quantitative estimate of drug-likeness (QED) is 0.221. The van der Waals surface area contributed by atoms with Gasteiger partial charge in [-0.2, -0.15) is 0 Å². The van der Waals surface area contributed by atoms with Crippen molar-refractivity contribution in [3.8, 4) is 5.75 Å². The smallest absolute Gasteiger partial charge is 0.191 e. The van der Waals surface area contributed by atoms with E-state index in [1.165, 1.54) is 26.0 Å². The van der Waals surface area contributed by atoms with Gasteiger partial charge in [0, 0.05) is 26.3 Å². The number of rotatable bonds is 10. The van der Waals surface area contributed by atoms with Gasteiger partial charge in [0.2, 0.25) is 0 Å². The summed E-state index contributed by atoms with van der Waals surface area (Å²) in [6.45, 7) is 9.19. The number of nitrogens with one attached hydrogen (secondary N) is 2. The second kappa shape index (κ2) is 11.7. The molecule has 0 saturated heterocycles. The van der Waals surface area contributed by atoms with Crippen LogP contribution in [-0.4, -0.2) is 39.4 Å². The summed E-state index contributed by atoms with van der Waals surface area (Å²) >= 11 is 0. The molecular formula is C20H33FIN3O2. The van der Waals surface area contributed by atoms with Crippen LogP contribution in [0.4, 0.5) is 4.39 Å². The molecule has 1 aliphatic rings. The summed E-state index contributed by atoms with van der Waals surface area (Å²) in [5, 5.41) is 6.64. The van der Waals surface area contributed by atoms with Crippen molar-refractivity contribution in [3.05, 3.63) is 29.6 Å². The Kier molecular flexibility index (Phi) is 10.4. The van der Waals surface area contributed by atoms with E-state index in [-0.39, 0.29) is 41.6 Å². The van der Waals surface area contributed by atoms with E-state index in [9.17, 15) is 4.39 Å². The van der Waals surface area contributed by atoms with Crippen LogP contribution in [0.3, 0.4) is 0 Å². The van der Waals surface area contributed by atoms with Crippen molar-refractivity contribution >= 4 is 29.9 Å². The monoisotopic (exact) mass is 493 g/mol. The topological polar surface area (TPSA) is 54.9 Å². The van der Waals surface area contributed by atoms with Gasteiger partial charge in [0.25, 0.3) is 0 Å². The van der Waals surface area contributed by atoms with E-state index >= 15 is 0 Å². The Balaban J connectivity index is 0.00000364. The minimum absolute atomic E-state index is 0. The minimum atomic E-state index is -0.353. The second-order valence-corrected chi connectivity index (χ2v) is 6.90. The molecule has 5 nitrogen and oxygen atoms in total. The van der Waals surface area contributed by atoms with Gasteiger partial charge < -0.3 is 20.1 Å². The first kappa shape index (κ1) is 23.9. The molecule has 1 aromatic carbocycles. The Bertz CT molecular complexity index is 609. The van der Waals surface area contributed by atoms with E-state index in [0.717, 1.165) is 44.2 Å². The molecule has 1 aliphatic carbocycles. The van der Waals surface area contributed by atoms with E-state index < -0.39 is 0 Å². The lowest BCUT2D eigenvalue weighted by molar-refractivity contribution is 0.129. The van der Waals surface area contributed by atoms with Crippen molar-refractivity contribution in [2.24, 2.45) is 10.4 Å². The van der Waals surface area contributed by atoms with Crippen molar-refractivity contribution in [2.45, 2.75) is 46.1 Å². The van der Waals surface area contributed by atoms with Crippen molar-refractivity contribution in [2.75, 3.05) is 33.4 Å². The first-order valence-electron chi connectivity index (χ1n) is 9.49. The van der Waals surface area contributed by atoms with Crippen LogP contribution in [-0.2, 0) is 4.74 Å². The van der Waals surface area contributed by atoms with E-state index in [1.807, 2.05) is 26.8 Å². The molecule has 7 heteroatoms. The Labute approximate surface area is 179 Å².